The van der Waals surface area contributed by atoms with Gasteiger partial charge in [-0.15, -0.1) is 0 Å². The fourth-order valence-electron chi connectivity index (χ4n) is 11.8. The van der Waals surface area contributed by atoms with Crippen LogP contribution in [0.2, 0.25) is 15.9 Å². The number of carbonyl (C=O) groups excluding carboxylic acids is 3. The van der Waals surface area contributed by atoms with Gasteiger partial charge in [0.25, 0.3) is 17.0 Å². The maximum absolute atomic E-state index is 14.8. The van der Waals surface area contributed by atoms with Crippen LogP contribution in [0.5, 0.6) is 11.5 Å². The van der Waals surface area contributed by atoms with Crippen LogP contribution in [0, 0.1) is 46.5 Å². The molecule has 5 aromatic carbocycles. The van der Waals surface area contributed by atoms with Gasteiger partial charge in [0, 0.05) is 19.1 Å². The Labute approximate surface area is 628 Å². The number of primary amides is 1. The third-order valence-corrected chi connectivity index (χ3v) is 19.4. The molecule has 13 rings (SSSR count). The van der Waals surface area contributed by atoms with Crippen molar-refractivity contribution in [3.05, 3.63) is 147 Å². The molecule has 4 bridgehead atoms. The van der Waals surface area contributed by atoms with Crippen molar-refractivity contribution in [1.29, 1.82) is 0 Å². The van der Waals surface area contributed by atoms with Gasteiger partial charge in [-0.25, -0.2) is 64.5 Å². The Morgan fingerprint density at radius 1 is 0.608 bits per heavy atom. The number of benzene rings is 5. The number of carbonyl (C=O) groups is 4. The molecule has 4 fully saturated rings. The van der Waals surface area contributed by atoms with E-state index in [-0.39, 0.29) is 115 Å². The number of hydrogen-bond acceptors (Lipinski definition) is 18. The van der Waals surface area contributed by atoms with Gasteiger partial charge in [-0.2, -0.15) is 4.98 Å². The van der Waals surface area contributed by atoms with Crippen LogP contribution in [-0.4, -0.2) is 143 Å². The van der Waals surface area contributed by atoms with Gasteiger partial charge >= 0.3 is 18.2 Å². The summed E-state index contributed by atoms with van der Waals surface area (Å²) in [6.45, 7) is 12.8. The number of anilines is 3. The Morgan fingerprint density at radius 3 is 1.62 bits per heavy atom. The quantitative estimate of drug-likeness (QED) is 0.0364. The molecule has 5 aliphatic rings. The summed E-state index contributed by atoms with van der Waals surface area (Å²) < 4.78 is 131. The Morgan fingerprint density at radius 2 is 1.07 bits per heavy atom. The summed E-state index contributed by atoms with van der Waals surface area (Å²) in [5, 5.41) is 11.4. The standard InChI is InChI=1S/C20H23BrClFN4O4.C20H21BrClFN4O3.C8H2BrClF2N2O.C7H5BrF2N2O.C7H4BrF2NO2/c1-20(2,3)31-19(29)27-9-4-5-12(27)11(24-7-9)8-30-13-6-10(21)15(23)16-14(13)17(28)26-18(22)25-16;1-20(2,3)30-19(28)27-9-4-5-11(27)12-8-29-13-6-10(21)15(23)16-14(13)17(26(12)7-9)25-18(22)24-16;9-2-1-3(11)4-6(5(2)12)13-8(10)14-7(4)15;2*8-2-1-3(9)4(7(12)13)6(11)5(2)10/h6,9,11-12,24H,4-5,7-8H2,1-3H3,(H,25,26,28);6,9,11-12H,4-5,7-8H2,1-3H3;1H,(H,13,14,15);1H,11H2,(H2,12,13);1H,11H2,(H,12,13)/t9-,11-,12+;9-,11+,12-;;;/m11.../s1. The Balaban J connectivity index is 0.000000157. The molecule has 4 saturated heterocycles. The molecule has 8 aromatic rings. The molecule has 546 valence electrons. The first-order chi connectivity index (χ1) is 47.6. The molecule has 3 amide bonds. The van der Waals surface area contributed by atoms with E-state index < -0.39 is 114 Å². The predicted molar refractivity (Wildman–Crippen MR) is 378 cm³/mol. The Bertz CT molecular complexity index is 4790. The van der Waals surface area contributed by atoms with E-state index in [4.69, 9.17) is 76.1 Å². The van der Waals surface area contributed by atoms with Crippen molar-refractivity contribution in [1.82, 2.24) is 45.0 Å². The number of aromatic carboxylic acids is 1. The summed E-state index contributed by atoms with van der Waals surface area (Å²) in [6, 6.07) is 4.90. The minimum absolute atomic E-state index is 0.0193. The molecule has 3 aromatic heterocycles. The summed E-state index contributed by atoms with van der Waals surface area (Å²) in [6.07, 6.45) is 2.75. The predicted octanol–water partition coefficient (Wildman–Crippen LogP) is 14.2. The number of halogens is 16. The molecule has 6 atom stereocenters. The molecule has 40 heteroatoms. The number of ether oxygens (including phenoxy) is 4. The number of amides is 3. The summed E-state index contributed by atoms with van der Waals surface area (Å²) in [7, 11) is 0. The molecule has 0 aliphatic carbocycles. The van der Waals surface area contributed by atoms with Crippen molar-refractivity contribution in [2.75, 3.05) is 42.7 Å². The molecule has 0 spiro atoms. The van der Waals surface area contributed by atoms with Gasteiger partial charge in [0.2, 0.25) is 15.9 Å². The number of nitrogens with one attached hydrogen (secondary N) is 3. The first kappa shape index (κ1) is 79.0. The first-order valence-corrected chi connectivity index (χ1v) is 35.0. The number of carboxylic acids is 1. The lowest BCUT2D eigenvalue weighted by Gasteiger charge is -2.46. The van der Waals surface area contributed by atoms with Crippen LogP contribution in [0.25, 0.3) is 32.7 Å². The molecule has 0 unspecified atom stereocenters. The van der Waals surface area contributed by atoms with E-state index in [1.165, 1.54) is 6.07 Å². The Kier molecular flexibility index (Phi) is 24.2. The largest absolute Gasteiger partial charge is 0.491 e. The second-order valence-corrected chi connectivity index (χ2v) is 30.3. The van der Waals surface area contributed by atoms with Gasteiger partial charge in [0.15, 0.2) is 29.1 Å². The SMILES string of the molecule is CC(C)(C)OC(=O)N1[C@@H]2CC[C@H]1[C@@H](COc1cc(Br)c(F)c3nc(Cl)[nH]c(=O)c13)NC2.CC(C)(C)OC(=O)N1[C@@H]2CC[C@H]1[C@H]1COc3cc(Br)c(F)c4nc(Cl)nc(c34)N1C2.NC(=O)c1c(F)cc(Br)c(F)c1N.Nc1c(F)c(Br)cc(F)c1C(=O)O.O=c1[nH]c(Cl)nc2c(F)c(Br)cc(F)c12. The van der Waals surface area contributed by atoms with E-state index >= 15 is 0 Å². The van der Waals surface area contributed by atoms with Crippen LogP contribution in [-0.2, 0) is 9.47 Å². The van der Waals surface area contributed by atoms with Crippen molar-refractivity contribution in [2.24, 2.45) is 5.73 Å². The number of carboxylic acid groups (broad SMARTS) is 1. The number of nitrogens with two attached hydrogens (primary N) is 3. The van der Waals surface area contributed by atoms with E-state index in [0.717, 1.165) is 43.9 Å². The van der Waals surface area contributed by atoms with E-state index in [9.17, 15) is 63.9 Å². The zero-order valence-electron chi connectivity index (χ0n) is 53.4. The number of nitrogen functional groups attached to an aromatic ring is 2. The maximum atomic E-state index is 14.8. The average Bonchev–Trinajstić information content (AvgIpc) is 1.55. The number of hydrogen-bond donors (Lipinski definition) is 7. The number of fused-ring (bicyclic) bond motifs is 9. The zero-order chi connectivity index (χ0) is 75.4. The monoisotopic (exact) mass is 1810 g/mol. The summed E-state index contributed by atoms with van der Waals surface area (Å²) in [4.78, 5) is 96.6. The molecule has 0 radical (unpaired) electrons. The van der Waals surface area contributed by atoms with Crippen LogP contribution in [0.3, 0.4) is 0 Å². The summed E-state index contributed by atoms with van der Waals surface area (Å²) >= 11 is 32.0. The summed E-state index contributed by atoms with van der Waals surface area (Å²) in [5.41, 5.74) is 9.23. The van der Waals surface area contributed by atoms with Gasteiger partial charge < -0.3 is 51.5 Å². The van der Waals surface area contributed by atoms with Crippen molar-refractivity contribution in [2.45, 2.75) is 115 Å². The molecule has 8 heterocycles. The number of nitrogens with zero attached hydrogens (tertiary/aromatic N) is 7. The number of aromatic nitrogens is 6. The van der Waals surface area contributed by atoms with Gasteiger partial charge in [0.1, 0.15) is 97.6 Å². The summed E-state index contributed by atoms with van der Waals surface area (Å²) in [5.74, 6) is -8.22. The van der Waals surface area contributed by atoms with Crippen LogP contribution in [0.1, 0.15) is 87.9 Å². The smallest absolute Gasteiger partial charge is 0.410 e. The highest BCUT2D eigenvalue weighted by Crippen LogP contribution is 2.46. The molecule has 10 N–H and O–H groups in total. The van der Waals surface area contributed by atoms with Crippen molar-refractivity contribution in [3.8, 4) is 11.5 Å². The van der Waals surface area contributed by atoms with Gasteiger partial charge in [-0.1, -0.05) is 0 Å². The fourth-order valence-corrected chi connectivity index (χ4v) is 14.3. The van der Waals surface area contributed by atoms with Gasteiger partial charge in [0.05, 0.1) is 69.3 Å². The highest BCUT2D eigenvalue weighted by atomic mass is 79.9. The lowest BCUT2D eigenvalue weighted by molar-refractivity contribution is 0.000981. The van der Waals surface area contributed by atoms with Crippen LogP contribution >= 0.6 is 114 Å². The highest BCUT2D eigenvalue weighted by Gasteiger charge is 2.52. The molecule has 24 nitrogen and oxygen atoms in total. The number of rotatable bonds is 5. The normalized spacial score (nSPS) is 18.6. The zero-order valence-corrected chi connectivity index (χ0v) is 63.6. The molecular formula is C62H55Br5Cl3F8N13O11. The fraction of sp³-hybridized carbons (Fsp3) is 0.355. The third-order valence-electron chi connectivity index (χ3n) is 16.0. The highest BCUT2D eigenvalue weighted by molar-refractivity contribution is 9.11. The minimum Gasteiger partial charge on any atom is -0.491 e. The minimum atomic E-state index is -1.60. The van der Waals surface area contributed by atoms with Crippen LogP contribution in [0.4, 0.5) is 61.9 Å². The number of aromatic amines is 2. The second kappa shape index (κ2) is 31.3. The van der Waals surface area contributed by atoms with Crippen LogP contribution < -0.4 is 48.0 Å². The van der Waals surface area contributed by atoms with Crippen molar-refractivity contribution < 1.29 is 78.4 Å². The maximum Gasteiger partial charge on any atom is 0.410 e. The molecule has 102 heavy (non-hydrogen) atoms. The lowest BCUT2D eigenvalue weighted by Crippen LogP contribution is -2.63. The van der Waals surface area contributed by atoms with Crippen molar-refractivity contribution >= 4 is 188 Å². The Hall–Kier alpha value is -7.13. The van der Waals surface area contributed by atoms with Gasteiger partial charge in [-0.3, -0.25) is 34.2 Å². The van der Waals surface area contributed by atoms with Gasteiger partial charge in [-0.05, 0) is 212 Å². The lowest BCUT2D eigenvalue weighted by atomic mass is 10.0. The second-order valence-electron chi connectivity index (χ2n) is 25.0. The van der Waals surface area contributed by atoms with Crippen LogP contribution in [0.15, 0.2) is 62.3 Å². The average molecular weight is 1820 g/mol. The third kappa shape index (κ3) is 16.8. The number of H-pyrrole nitrogens is 2. The molecule has 5 aliphatic heterocycles. The topological polar surface area (TPSA) is 343 Å². The number of piperazine rings is 2. The molecule has 0 saturated carbocycles. The van der Waals surface area contributed by atoms with Crippen molar-refractivity contribution in [3.63, 3.8) is 0 Å². The molecular weight excluding hydrogens is 1760 g/mol. The van der Waals surface area contributed by atoms with E-state index in [0.29, 0.717) is 36.6 Å². The van der Waals surface area contributed by atoms with E-state index in [1.54, 1.807) is 11.0 Å². The first-order valence-electron chi connectivity index (χ1n) is 29.9. The van der Waals surface area contributed by atoms with E-state index in [1.807, 2.05) is 46.4 Å². The van der Waals surface area contributed by atoms with E-state index in [2.05, 4.69) is 120 Å².